The minimum Gasteiger partial charge on any atom is -0.261 e. The molecule has 0 spiro atoms. The van der Waals surface area contributed by atoms with Gasteiger partial charge in [0.2, 0.25) is 0 Å². The zero-order valence-electron chi connectivity index (χ0n) is 7.01. The lowest BCUT2D eigenvalue weighted by Crippen LogP contribution is -1.83. The van der Waals surface area contributed by atoms with E-state index in [0.29, 0.717) is 4.47 Å². The standard InChI is InChI=1S/C10H7BrFN/c1-6-2-7-4-10(12)9(11)3-8(7)5-13-6/h2-5H,1H3. The number of benzene rings is 1. The molecule has 0 unspecified atom stereocenters. The number of pyridine rings is 1. The van der Waals surface area contributed by atoms with E-state index in [0.717, 1.165) is 16.5 Å². The number of hydrogen-bond acceptors (Lipinski definition) is 1. The first kappa shape index (κ1) is 8.63. The zero-order chi connectivity index (χ0) is 9.42. The first-order valence-electron chi connectivity index (χ1n) is 3.88. The van der Waals surface area contributed by atoms with E-state index in [9.17, 15) is 4.39 Å². The van der Waals surface area contributed by atoms with Crippen molar-refractivity contribution in [3.8, 4) is 0 Å². The molecule has 0 saturated carbocycles. The van der Waals surface area contributed by atoms with Crippen molar-refractivity contribution < 1.29 is 4.39 Å². The Balaban J connectivity index is 2.81. The normalized spacial score (nSPS) is 10.7. The molecular weight excluding hydrogens is 233 g/mol. The summed E-state index contributed by atoms with van der Waals surface area (Å²) in [7, 11) is 0. The molecule has 13 heavy (non-hydrogen) atoms. The molecule has 0 atom stereocenters. The Morgan fingerprint density at radius 3 is 2.77 bits per heavy atom. The molecule has 0 aliphatic heterocycles. The lowest BCUT2D eigenvalue weighted by molar-refractivity contribution is 0.623. The van der Waals surface area contributed by atoms with E-state index in [1.165, 1.54) is 6.07 Å². The Morgan fingerprint density at radius 1 is 1.23 bits per heavy atom. The largest absolute Gasteiger partial charge is 0.261 e. The first-order chi connectivity index (χ1) is 6.16. The number of halogens is 2. The van der Waals surface area contributed by atoms with Crippen molar-refractivity contribution >= 4 is 26.7 Å². The summed E-state index contributed by atoms with van der Waals surface area (Å²) in [6.07, 6.45) is 1.74. The first-order valence-corrected chi connectivity index (χ1v) is 4.67. The summed E-state index contributed by atoms with van der Waals surface area (Å²) in [6, 6.07) is 5.11. The van der Waals surface area contributed by atoms with Crippen LogP contribution >= 0.6 is 15.9 Å². The van der Waals surface area contributed by atoms with E-state index in [2.05, 4.69) is 20.9 Å². The van der Waals surface area contributed by atoms with Gasteiger partial charge in [-0.25, -0.2) is 4.39 Å². The maximum atomic E-state index is 13.1. The van der Waals surface area contributed by atoms with E-state index in [1.807, 2.05) is 13.0 Å². The summed E-state index contributed by atoms with van der Waals surface area (Å²) in [4.78, 5) is 4.13. The lowest BCUT2D eigenvalue weighted by Gasteiger charge is -2.00. The van der Waals surface area contributed by atoms with Gasteiger partial charge in [-0.15, -0.1) is 0 Å². The van der Waals surface area contributed by atoms with Crippen LogP contribution in [0.15, 0.2) is 28.9 Å². The fraction of sp³-hybridized carbons (Fsp3) is 0.100. The van der Waals surface area contributed by atoms with Crippen LogP contribution in [0.5, 0.6) is 0 Å². The van der Waals surface area contributed by atoms with Gasteiger partial charge in [-0.05, 0) is 46.4 Å². The Bertz CT molecular complexity index is 468. The summed E-state index contributed by atoms with van der Waals surface area (Å²) in [5.41, 5.74) is 0.897. The Labute approximate surface area is 83.7 Å². The number of aryl methyl sites for hydroxylation is 1. The van der Waals surface area contributed by atoms with E-state index in [-0.39, 0.29) is 5.82 Å². The van der Waals surface area contributed by atoms with Crippen LogP contribution in [-0.4, -0.2) is 4.98 Å². The van der Waals surface area contributed by atoms with E-state index in [1.54, 1.807) is 12.3 Å². The second-order valence-corrected chi connectivity index (χ2v) is 3.79. The fourth-order valence-corrected chi connectivity index (χ4v) is 1.61. The number of aromatic nitrogens is 1. The van der Waals surface area contributed by atoms with Crippen LogP contribution in [0.1, 0.15) is 5.69 Å². The smallest absolute Gasteiger partial charge is 0.138 e. The minimum atomic E-state index is -0.238. The van der Waals surface area contributed by atoms with Gasteiger partial charge in [0.05, 0.1) is 4.47 Å². The summed E-state index contributed by atoms with van der Waals surface area (Å²) < 4.78 is 13.6. The molecule has 1 nitrogen and oxygen atoms in total. The zero-order valence-corrected chi connectivity index (χ0v) is 8.60. The van der Waals surface area contributed by atoms with Crippen molar-refractivity contribution in [1.29, 1.82) is 0 Å². The van der Waals surface area contributed by atoms with Gasteiger partial charge in [-0.3, -0.25) is 4.98 Å². The van der Waals surface area contributed by atoms with Crippen molar-refractivity contribution in [3.05, 3.63) is 40.4 Å². The van der Waals surface area contributed by atoms with Gasteiger partial charge >= 0.3 is 0 Å². The van der Waals surface area contributed by atoms with Crippen molar-refractivity contribution in [2.75, 3.05) is 0 Å². The molecule has 0 N–H and O–H groups in total. The van der Waals surface area contributed by atoms with Crippen LogP contribution in [-0.2, 0) is 0 Å². The highest BCUT2D eigenvalue weighted by molar-refractivity contribution is 9.10. The van der Waals surface area contributed by atoms with E-state index >= 15 is 0 Å². The molecule has 2 aromatic rings. The van der Waals surface area contributed by atoms with Crippen LogP contribution in [0, 0.1) is 12.7 Å². The highest BCUT2D eigenvalue weighted by Crippen LogP contribution is 2.22. The van der Waals surface area contributed by atoms with Crippen LogP contribution in [0.2, 0.25) is 0 Å². The highest BCUT2D eigenvalue weighted by atomic mass is 79.9. The minimum absolute atomic E-state index is 0.238. The SMILES string of the molecule is Cc1cc2cc(F)c(Br)cc2cn1. The number of hydrogen-bond donors (Lipinski definition) is 0. The van der Waals surface area contributed by atoms with Crippen LogP contribution < -0.4 is 0 Å². The topological polar surface area (TPSA) is 12.9 Å². The highest BCUT2D eigenvalue weighted by Gasteiger charge is 2.01. The number of nitrogens with zero attached hydrogens (tertiary/aromatic N) is 1. The lowest BCUT2D eigenvalue weighted by atomic mass is 10.1. The average Bonchev–Trinajstić information content (AvgIpc) is 2.08. The quantitative estimate of drug-likeness (QED) is 0.687. The number of fused-ring (bicyclic) bond motifs is 1. The summed E-state index contributed by atoms with van der Waals surface area (Å²) in [5.74, 6) is -0.238. The second kappa shape index (κ2) is 3.07. The maximum Gasteiger partial charge on any atom is 0.138 e. The summed E-state index contributed by atoms with van der Waals surface area (Å²) in [6.45, 7) is 1.89. The molecule has 3 heteroatoms. The molecule has 2 rings (SSSR count). The van der Waals surface area contributed by atoms with Gasteiger partial charge in [0.25, 0.3) is 0 Å². The molecule has 0 aliphatic rings. The van der Waals surface area contributed by atoms with Crippen molar-refractivity contribution in [2.24, 2.45) is 0 Å². The van der Waals surface area contributed by atoms with Crippen molar-refractivity contribution in [3.63, 3.8) is 0 Å². The van der Waals surface area contributed by atoms with E-state index < -0.39 is 0 Å². The Morgan fingerprint density at radius 2 is 2.00 bits per heavy atom. The molecule has 1 aromatic heterocycles. The summed E-state index contributed by atoms with van der Waals surface area (Å²) >= 11 is 3.13. The number of rotatable bonds is 0. The van der Waals surface area contributed by atoms with E-state index in [4.69, 9.17) is 0 Å². The molecule has 66 valence electrons. The molecule has 1 heterocycles. The van der Waals surface area contributed by atoms with Gasteiger partial charge in [-0.2, -0.15) is 0 Å². The second-order valence-electron chi connectivity index (χ2n) is 2.94. The van der Waals surface area contributed by atoms with Crippen molar-refractivity contribution in [2.45, 2.75) is 6.92 Å². The van der Waals surface area contributed by atoms with Crippen LogP contribution in [0.25, 0.3) is 10.8 Å². The van der Waals surface area contributed by atoms with Gasteiger partial charge < -0.3 is 0 Å². The Kier molecular flexibility index (Phi) is 2.04. The van der Waals surface area contributed by atoms with Crippen molar-refractivity contribution in [1.82, 2.24) is 4.98 Å². The van der Waals surface area contributed by atoms with Gasteiger partial charge in [0.1, 0.15) is 5.82 Å². The molecular formula is C10H7BrFN. The molecule has 0 fully saturated rings. The van der Waals surface area contributed by atoms with Gasteiger partial charge in [0.15, 0.2) is 0 Å². The van der Waals surface area contributed by atoms with Gasteiger partial charge in [-0.1, -0.05) is 0 Å². The van der Waals surface area contributed by atoms with Crippen LogP contribution in [0.4, 0.5) is 4.39 Å². The maximum absolute atomic E-state index is 13.1. The monoisotopic (exact) mass is 239 g/mol. The average molecular weight is 240 g/mol. The molecule has 1 aromatic carbocycles. The Hall–Kier alpha value is -0.960. The molecule has 0 amide bonds. The molecule has 0 bridgehead atoms. The fourth-order valence-electron chi connectivity index (χ4n) is 1.25. The predicted molar refractivity (Wildman–Crippen MR) is 54.1 cm³/mol. The third-order valence-corrected chi connectivity index (χ3v) is 2.51. The summed E-state index contributed by atoms with van der Waals surface area (Å²) in [5, 5.41) is 1.83. The molecule has 0 aliphatic carbocycles. The third-order valence-electron chi connectivity index (χ3n) is 1.90. The van der Waals surface area contributed by atoms with Gasteiger partial charge in [0, 0.05) is 17.3 Å². The molecule has 0 saturated heterocycles. The van der Waals surface area contributed by atoms with Crippen LogP contribution in [0.3, 0.4) is 0 Å². The molecule has 0 radical (unpaired) electrons. The predicted octanol–water partition coefficient (Wildman–Crippen LogP) is 3.44. The third kappa shape index (κ3) is 1.56.